The summed E-state index contributed by atoms with van der Waals surface area (Å²) < 4.78 is 14.3. The zero-order valence-electron chi connectivity index (χ0n) is 14.9. The van der Waals surface area contributed by atoms with Crippen LogP contribution in [-0.2, 0) is 11.3 Å². The molecule has 0 N–H and O–H groups in total. The Morgan fingerprint density at radius 3 is 2.81 bits per heavy atom. The molecule has 140 valence electrons. The summed E-state index contributed by atoms with van der Waals surface area (Å²) in [6, 6.07) is 12.8. The van der Waals surface area contributed by atoms with Gasteiger partial charge in [-0.1, -0.05) is 18.2 Å². The fourth-order valence-corrected chi connectivity index (χ4v) is 3.07. The van der Waals surface area contributed by atoms with Crippen molar-refractivity contribution >= 4 is 11.6 Å². The Labute approximate surface area is 155 Å². The molecule has 0 spiro atoms. The van der Waals surface area contributed by atoms with Gasteiger partial charge in [0.1, 0.15) is 6.61 Å². The number of nitrogens with zero attached hydrogens (tertiary/aromatic N) is 4. The Kier molecular flexibility index (Phi) is 4.53. The van der Waals surface area contributed by atoms with Crippen molar-refractivity contribution in [3.63, 3.8) is 0 Å². The van der Waals surface area contributed by atoms with Crippen LogP contribution in [0.2, 0.25) is 0 Å². The van der Waals surface area contributed by atoms with Crippen LogP contribution < -0.4 is 15.2 Å². The fraction of sp³-hybridized carbons (Fsp3) is 0.316. The molecular formula is C19H20N4O4. The van der Waals surface area contributed by atoms with E-state index in [1.54, 1.807) is 30.3 Å². The molecule has 0 saturated heterocycles. The molecule has 2 aromatic heterocycles. The van der Waals surface area contributed by atoms with Crippen molar-refractivity contribution in [2.24, 2.45) is 0 Å². The van der Waals surface area contributed by atoms with Crippen LogP contribution in [0.3, 0.4) is 0 Å². The van der Waals surface area contributed by atoms with Crippen molar-refractivity contribution < 1.29 is 14.3 Å². The smallest absolute Gasteiger partial charge is 0.350 e. The summed E-state index contributed by atoms with van der Waals surface area (Å²) in [7, 11) is 1.72. The SMILES string of the molecule is CN(CC1COc2ccccc2O1)C(=O)CCn1nc2ccccn2c1=O. The molecule has 3 aromatic rings. The van der Waals surface area contributed by atoms with E-state index in [0.717, 1.165) is 0 Å². The number of fused-ring (bicyclic) bond motifs is 2. The lowest BCUT2D eigenvalue weighted by Gasteiger charge is -2.29. The van der Waals surface area contributed by atoms with Crippen molar-refractivity contribution in [1.82, 2.24) is 19.1 Å². The predicted molar refractivity (Wildman–Crippen MR) is 98.1 cm³/mol. The molecule has 0 fully saturated rings. The second kappa shape index (κ2) is 7.14. The number of rotatable bonds is 5. The lowest BCUT2D eigenvalue weighted by atomic mass is 10.2. The highest BCUT2D eigenvalue weighted by atomic mass is 16.6. The maximum Gasteiger partial charge on any atom is 0.350 e. The van der Waals surface area contributed by atoms with Gasteiger partial charge >= 0.3 is 5.69 Å². The van der Waals surface area contributed by atoms with Crippen LogP contribution in [0.25, 0.3) is 5.65 Å². The molecule has 1 atom stereocenters. The third-order valence-electron chi connectivity index (χ3n) is 4.50. The number of amides is 1. The Balaban J connectivity index is 1.34. The fourth-order valence-electron chi connectivity index (χ4n) is 3.07. The molecule has 1 unspecified atom stereocenters. The summed E-state index contributed by atoms with van der Waals surface area (Å²) in [6.07, 6.45) is 1.62. The lowest BCUT2D eigenvalue weighted by molar-refractivity contribution is -0.131. The maximum atomic E-state index is 12.4. The molecule has 1 aliphatic rings. The average molecular weight is 368 g/mol. The average Bonchev–Trinajstić information content (AvgIpc) is 3.02. The topological polar surface area (TPSA) is 78.1 Å². The van der Waals surface area contributed by atoms with E-state index in [9.17, 15) is 9.59 Å². The number of benzene rings is 1. The monoisotopic (exact) mass is 368 g/mol. The summed E-state index contributed by atoms with van der Waals surface area (Å²) in [6.45, 7) is 1.03. The van der Waals surface area contributed by atoms with E-state index in [-0.39, 0.29) is 30.7 Å². The van der Waals surface area contributed by atoms with E-state index in [2.05, 4.69) is 5.10 Å². The number of likely N-dealkylation sites (N-methyl/N-ethyl adjacent to an activating group) is 1. The summed E-state index contributed by atoms with van der Waals surface area (Å²) in [5, 5.41) is 4.24. The minimum Gasteiger partial charge on any atom is -0.486 e. The lowest BCUT2D eigenvalue weighted by Crippen LogP contribution is -2.42. The quantitative estimate of drug-likeness (QED) is 0.676. The van der Waals surface area contributed by atoms with E-state index >= 15 is 0 Å². The van der Waals surface area contributed by atoms with Gasteiger partial charge in [0.05, 0.1) is 13.1 Å². The molecule has 0 saturated carbocycles. The number of para-hydroxylation sites is 2. The second-order valence-corrected chi connectivity index (χ2v) is 6.46. The van der Waals surface area contributed by atoms with E-state index in [0.29, 0.717) is 30.3 Å². The normalized spacial score (nSPS) is 15.7. The van der Waals surface area contributed by atoms with Crippen LogP contribution in [0.4, 0.5) is 0 Å². The minimum absolute atomic E-state index is 0.0820. The molecule has 0 bridgehead atoms. The Bertz CT molecular complexity index is 1030. The van der Waals surface area contributed by atoms with Gasteiger partial charge in [0.15, 0.2) is 23.3 Å². The summed E-state index contributed by atoms with van der Waals surface area (Å²) in [4.78, 5) is 26.3. The van der Waals surface area contributed by atoms with E-state index in [1.165, 1.54) is 9.08 Å². The van der Waals surface area contributed by atoms with Crippen LogP contribution in [0, 0.1) is 0 Å². The van der Waals surface area contributed by atoms with Gasteiger partial charge in [-0.05, 0) is 24.3 Å². The Hall–Kier alpha value is -3.29. The molecule has 27 heavy (non-hydrogen) atoms. The van der Waals surface area contributed by atoms with Crippen LogP contribution in [0.15, 0.2) is 53.5 Å². The summed E-state index contributed by atoms with van der Waals surface area (Å²) in [5.41, 5.74) is 0.316. The van der Waals surface area contributed by atoms with E-state index < -0.39 is 0 Å². The molecular weight excluding hydrogens is 348 g/mol. The highest BCUT2D eigenvalue weighted by Gasteiger charge is 2.23. The number of ether oxygens (including phenoxy) is 2. The maximum absolute atomic E-state index is 12.4. The van der Waals surface area contributed by atoms with Crippen molar-refractivity contribution in [3.8, 4) is 11.5 Å². The highest BCUT2D eigenvalue weighted by molar-refractivity contribution is 5.75. The van der Waals surface area contributed by atoms with E-state index in [1.807, 2.05) is 30.3 Å². The molecule has 8 heteroatoms. The van der Waals surface area contributed by atoms with Crippen molar-refractivity contribution in [3.05, 3.63) is 59.1 Å². The number of carbonyl (C=O) groups is 1. The van der Waals surface area contributed by atoms with Gasteiger partial charge in [0.2, 0.25) is 5.91 Å². The van der Waals surface area contributed by atoms with Gasteiger partial charge in [-0.15, -0.1) is 5.10 Å². The number of carbonyl (C=O) groups excluding carboxylic acids is 1. The van der Waals surface area contributed by atoms with Crippen molar-refractivity contribution in [1.29, 1.82) is 0 Å². The molecule has 8 nitrogen and oxygen atoms in total. The van der Waals surface area contributed by atoms with Gasteiger partial charge in [-0.25, -0.2) is 9.48 Å². The number of aromatic nitrogens is 3. The first-order chi connectivity index (χ1) is 13.1. The summed E-state index contributed by atoms with van der Waals surface area (Å²) >= 11 is 0. The predicted octanol–water partition coefficient (Wildman–Crippen LogP) is 1.18. The highest BCUT2D eigenvalue weighted by Crippen LogP contribution is 2.30. The third kappa shape index (κ3) is 3.51. The van der Waals surface area contributed by atoms with Gasteiger partial charge in [0.25, 0.3) is 0 Å². The molecule has 1 aliphatic heterocycles. The Morgan fingerprint density at radius 1 is 1.22 bits per heavy atom. The molecule has 1 aromatic carbocycles. The zero-order chi connectivity index (χ0) is 18.8. The Morgan fingerprint density at radius 2 is 2.00 bits per heavy atom. The first-order valence-corrected chi connectivity index (χ1v) is 8.78. The van der Waals surface area contributed by atoms with Crippen LogP contribution in [0.5, 0.6) is 11.5 Å². The first kappa shape index (κ1) is 17.1. The van der Waals surface area contributed by atoms with E-state index in [4.69, 9.17) is 9.47 Å². The first-order valence-electron chi connectivity index (χ1n) is 8.78. The zero-order valence-corrected chi connectivity index (χ0v) is 14.9. The second-order valence-electron chi connectivity index (χ2n) is 6.46. The standard InChI is InChI=1S/C19H20N4O4/c1-21(12-14-13-26-15-6-2-3-7-16(15)27-14)18(24)9-11-23-19(25)22-10-5-4-8-17(22)20-23/h2-8,10,14H,9,11-13H2,1H3. The van der Waals surface area contributed by atoms with Crippen LogP contribution in [0.1, 0.15) is 6.42 Å². The number of aryl methyl sites for hydroxylation is 1. The largest absolute Gasteiger partial charge is 0.486 e. The van der Waals surface area contributed by atoms with Gasteiger partial charge in [-0.3, -0.25) is 9.20 Å². The van der Waals surface area contributed by atoms with Crippen molar-refractivity contribution in [2.75, 3.05) is 20.2 Å². The number of hydrogen-bond donors (Lipinski definition) is 0. The van der Waals surface area contributed by atoms with Crippen LogP contribution >= 0.6 is 0 Å². The van der Waals surface area contributed by atoms with Gasteiger partial charge in [-0.2, -0.15) is 0 Å². The molecule has 0 aliphatic carbocycles. The van der Waals surface area contributed by atoms with Crippen LogP contribution in [-0.4, -0.2) is 51.3 Å². The molecule has 3 heterocycles. The molecule has 1 amide bonds. The summed E-state index contributed by atoms with van der Waals surface area (Å²) in [5.74, 6) is 1.32. The van der Waals surface area contributed by atoms with Gasteiger partial charge < -0.3 is 14.4 Å². The number of pyridine rings is 1. The van der Waals surface area contributed by atoms with Crippen molar-refractivity contribution in [2.45, 2.75) is 19.1 Å². The number of hydrogen-bond acceptors (Lipinski definition) is 5. The van der Waals surface area contributed by atoms with Gasteiger partial charge in [0, 0.05) is 19.7 Å². The minimum atomic E-state index is -0.248. The molecule has 0 radical (unpaired) electrons. The molecule has 4 rings (SSSR count). The third-order valence-corrected chi connectivity index (χ3v) is 4.50.